The van der Waals surface area contributed by atoms with Crippen molar-refractivity contribution in [2.75, 3.05) is 13.7 Å². The molecule has 1 fully saturated rings. The number of nitrogens with two attached hydrogens (primary N) is 1. The number of rotatable bonds is 5. The van der Waals surface area contributed by atoms with Crippen molar-refractivity contribution in [3.8, 4) is 5.75 Å². The van der Waals surface area contributed by atoms with E-state index in [0.717, 1.165) is 31.2 Å². The third-order valence-corrected chi connectivity index (χ3v) is 6.07. The fourth-order valence-electron chi connectivity index (χ4n) is 3.31. The topological polar surface area (TPSA) is 81.4 Å². The van der Waals surface area contributed by atoms with Crippen LogP contribution in [0.25, 0.3) is 0 Å². The molecule has 132 valence electrons. The van der Waals surface area contributed by atoms with Gasteiger partial charge in [-0.25, -0.2) is 13.1 Å². The molecule has 0 aliphatic heterocycles. The lowest BCUT2D eigenvalue weighted by atomic mass is 9.85. The van der Waals surface area contributed by atoms with Gasteiger partial charge in [-0.2, -0.15) is 0 Å². The summed E-state index contributed by atoms with van der Waals surface area (Å²) in [5.41, 5.74) is 7.47. The van der Waals surface area contributed by atoms with Crippen molar-refractivity contribution < 1.29 is 13.2 Å². The van der Waals surface area contributed by atoms with Crippen molar-refractivity contribution in [3.63, 3.8) is 0 Å². The zero-order chi connectivity index (χ0) is 16.3. The fraction of sp³-hybridized carbons (Fsp3) is 0.625. The van der Waals surface area contributed by atoms with Crippen LogP contribution in [-0.2, 0) is 10.0 Å². The number of ether oxygens (including phenoxy) is 1. The van der Waals surface area contributed by atoms with Gasteiger partial charge >= 0.3 is 0 Å². The van der Waals surface area contributed by atoms with Crippen LogP contribution < -0.4 is 15.2 Å². The highest BCUT2D eigenvalue weighted by atomic mass is 35.5. The molecule has 0 aromatic heterocycles. The molecule has 0 saturated heterocycles. The minimum Gasteiger partial charge on any atom is -0.495 e. The maximum atomic E-state index is 12.8. The average molecular weight is 363 g/mol. The molecule has 5 nitrogen and oxygen atoms in total. The Balaban J connectivity index is 0.00000264. The third-order valence-electron chi connectivity index (χ3n) is 4.39. The zero-order valence-electron chi connectivity index (χ0n) is 14.0. The number of hydrogen-bond donors (Lipinski definition) is 2. The summed E-state index contributed by atoms with van der Waals surface area (Å²) in [6.07, 6.45) is 3.97. The number of methoxy groups -OCH3 is 1. The second kappa shape index (κ2) is 8.33. The first-order valence-corrected chi connectivity index (χ1v) is 9.25. The van der Waals surface area contributed by atoms with Crippen molar-refractivity contribution >= 4 is 22.4 Å². The molecule has 2 atom stereocenters. The van der Waals surface area contributed by atoms with Gasteiger partial charge in [0.1, 0.15) is 10.6 Å². The lowest BCUT2D eigenvalue weighted by Crippen LogP contribution is -2.44. The Bertz CT molecular complexity index is 634. The van der Waals surface area contributed by atoms with Crippen LogP contribution in [0.15, 0.2) is 17.0 Å². The first kappa shape index (κ1) is 20.2. The highest BCUT2D eigenvalue weighted by Crippen LogP contribution is 2.31. The van der Waals surface area contributed by atoms with Gasteiger partial charge in [0.2, 0.25) is 10.0 Å². The molecule has 1 aromatic rings. The number of aryl methyl sites for hydroxylation is 2. The van der Waals surface area contributed by atoms with E-state index in [1.54, 1.807) is 13.0 Å². The third kappa shape index (κ3) is 4.59. The molecular formula is C16H27ClN2O3S. The summed E-state index contributed by atoms with van der Waals surface area (Å²) in [5.74, 6) is 0.602. The van der Waals surface area contributed by atoms with Crippen LogP contribution in [0.3, 0.4) is 0 Å². The number of hydrogen-bond acceptors (Lipinski definition) is 4. The first-order valence-electron chi connectivity index (χ1n) is 7.76. The molecule has 0 bridgehead atoms. The summed E-state index contributed by atoms with van der Waals surface area (Å²) in [7, 11) is -2.13. The predicted octanol–water partition coefficient (Wildman–Crippen LogP) is 2.53. The lowest BCUT2D eigenvalue weighted by Gasteiger charge is -2.31. The molecule has 23 heavy (non-hydrogen) atoms. The van der Waals surface area contributed by atoms with Gasteiger partial charge in [-0.3, -0.25) is 0 Å². The summed E-state index contributed by atoms with van der Waals surface area (Å²) in [5, 5.41) is 0. The minimum absolute atomic E-state index is 0. The Morgan fingerprint density at radius 3 is 2.52 bits per heavy atom. The molecule has 1 aliphatic rings. The van der Waals surface area contributed by atoms with Crippen molar-refractivity contribution in [3.05, 3.63) is 23.3 Å². The van der Waals surface area contributed by atoms with Crippen molar-refractivity contribution in [2.24, 2.45) is 11.7 Å². The van der Waals surface area contributed by atoms with Crippen molar-refractivity contribution in [2.45, 2.75) is 50.5 Å². The smallest absolute Gasteiger partial charge is 0.244 e. The van der Waals surface area contributed by atoms with E-state index in [-0.39, 0.29) is 29.3 Å². The summed E-state index contributed by atoms with van der Waals surface area (Å²) >= 11 is 0. The summed E-state index contributed by atoms with van der Waals surface area (Å²) in [6.45, 7) is 4.23. The molecule has 1 aromatic carbocycles. The van der Waals surface area contributed by atoms with Gasteiger partial charge in [0.25, 0.3) is 0 Å². The molecule has 1 aliphatic carbocycles. The Kier molecular flexibility index (Phi) is 7.32. The Labute approximate surface area is 145 Å². The van der Waals surface area contributed by atoms with Crippen LogP contribution in [0.2, 0.25) is 0 Å². The van der Waals surface area contributed by atoms with E-state index in [9.17, 15) is 8.42 Å². The Hall–Kier alpha value is -0.820. The van der Waals surface area contributed by atoms with E-state index < -0.39 is 10.0 Å². The molecule has 3 N–H and O–H groups in total. The van der Waals surface area contributed by atoms with E-state index in [1.165, 1.54) is 7.11 Å². The number of sulfonamides is 1. The maximum Gasteiger partial charge on any atom is 0.244 e. The van der Waals surface area contributed by atoms with Gasteiger partial charge < -0.3 is 10.5 Å². The van der Waals surface area contributed by atoms with E-state index in [0.29, 0.717) is 17.9 Å². The van der Waals surface area contributed by atoms with Crippen LogP contribution in [0.4, 0.5) is 0 Å². The lowest BCUT2D eigenvalue weighted by molar-refractivity contribution is 0.295. The van der Waals surface area contributed by atoms with E-state index in [4.69, 9.17) is 10.5 Å². The van der Waals surface area contributed by atoms with E-state index in [1.807, 2.05) is 13.0 Å². The van der Waals surface area contributed by atoms with Gasteiger partial charge in [0, 0.05) is 6.04 Å². The number of nitrogens with one attached hydrogen (secondary N) is 1. The summed E-state index contributed by atoms with van der Waals surface area (Å²) < 4.78 is 33.8. The highest BCUT2D eigenvalue weighted by Gasteiger charge is 2.31. The maximum absolute atomic E-state index is 12.8. The minimum atomic E-state index is -3.62. The molecule has 0 spiro atoms. The van der Waals surface area contributed by atoms with Gasteiger partial charge in [0.15, 0.2) is 0 Å². The normalized spacial score (nSPS) is 21.6. The van der Waals surface area contributed by atoms with Crippen LogP contribution in [0.1, 0.15) is 36.8 Å². The van der Waals surface area contributed by atoms with Gasteiger partial charge in [0.05, 0.1) is 7.11 Å². The number of halogens is 1. The second-order valence-corrected chi connectivity index (χ2v) is 7.77. The molecule has 1 saturated carbocycles. The first-order chi connectivity index (χ1) is 10.4. The van der Waals surface area contributed by atoms with E-state index >= 15 is 0 Å². The molecular weight excluding hydrogens is 336 g/mol. The standard InChI is InChI=1S/C16H26N2O3S.ClH/c1-11-8-12(2)16(15(9-11)21-3)22(19,20)18-14-7-5-4-6-13(14)10-17;/h8-9,13-14,18H,4-7,10,17H2,1-3H3;1H. The van der Waals surface area contributed by atoms with Gasteiger partial charge in [-0.05, 0) is 56.3 Å². The van der Waals surface area contributed by atoms with Crippen LogP contribution in [-0.4, -0.2) is 28.1 Å². The molecule has 7 heteroatoms. The molecule has 0 radical (unpaired) electrons. The fourth-order valence-corrected chi connectivity index (χ4v) is 5.03. The highest BCUT2D eigenvalue weighted by molar-refractivity contribution is 7.89. The number of benzene rings is 1. The molecule has 0 amide bonds. The van der Waals surface area contributed by atoms with E-state index in [2.05, 4.69) is 4.72 Å². The second-order valence-electron chi connectivity index (χ2n) is 6.12. The Morgan fingerprint density at radius 2 is 1.91 bits per heavy atom. The van der Waals surface area contributed by atoms with Crippen LogP contribution in [0.5, 0.6) is 5.75 Å². The predicted molar refractivity (Wildman–Crippen MR) is 94.8 cm³/mol. The summed E-state index contributed by atoms with van der Waals surface area (Å²) in [6, 6.07) is 3.52. The summed E-state index contributed by atoms with van der Waals surface area (Å²) in [4.78, 5) is 0.238. The molecule has 2 unspecified atom stereocenters. The van der Waals surface area contributed by atoms with Gasteiger partial charge in [-0.1, -0.05) is 18.9 Å². The monoisotopic (exact) mass is 362 g/mol. The van der Waals surface area contributed by atoms with Crippen LogP contribution in [0, 0.1) is 19.8 Å². The SMILES string of the molecule is COc1cc(C)cc(C)c1S(=O)(=O)NC1CCCCC1CN.Cl. The average Bonchev–Trinajstić information content (AvgIpc) is 2.46. The quantitative estimate of drug-likeness (QED) is 0.843. The van der Waals surface area contributed by atoms with Crippen molar-refractivity contribution in [1.82, 2.24) is 4.72 Å². The largest absolute Gasteiger partial charge is 0.495 e. The van der Waals surface area contributed by atoms with Gasteiger partial charge in [-0.15, -0.1) is 12.4 Å². The zero-order valence-corrected chi connectivity index (χ0v) is 15.6. The molecule has 2 rings (SSSR count). The van der Waals surface area contributed by atoms with Crippen molar-refractivity contribution in [1.29, 1.82) is 0 Å². The van der Waals surface area contributed by atoms with Crippen LogP contribution >= 0.6 is 12.4 Å². The Morgan fingerprint density at radius 1 is 1.26 bits per heavy atom. The molecule has 0 heterocycles.